The first kappa shape index (κ1) is 17.3. The minimum Gasteiger partial charge on any atom is -0.450 e. The van der Waals surface area contributed by atoms with Crippen LogP contribution >= 0.6 is 0 Å². The zero-order valence-corrected chi connectivity index (χ0v) is 13.7. The fourth-order valence-corrected chi connectivity index (χ4v) is 2.62. The van der Waals surface area contributed by atoms with Gasteiger partial charge in [0.05, 0.1) is 19.3 Å². The molecule has 1 fully saturated rings. The van der Waals surface area contributed by atoms with Crippen LogP contribution in [0.4, 0.5) is 4.79 Å². The molecule has 126 valence electrons. The molecular formula is C17H24N2O4. The molecule has 0 unspecified atom stereocenters. The van der Waals surface area contributed by atoms with Gasteiger partial charge in [0.1, 0.15) is 6.10 Å². The van der Waals surface area contributed by atoms with Gasteiger partial charge in [-0.05, 0) is 19.4 Å². The Bertz CT molecular complexity index is 521. The Hall–Kier alpha value is -2.08. The van der Waals surface area contributed by atoms with E-state index in [9.17, 15) is 9.59 Å². The maximum atomic E-state index is 12.3. The van der Waals surface area contributed by atoms with E-state index in [4.69, 9.17) is 9.47 Å². The molecule has 0 aliphatic carbocycles. The van der Waals surface area contributed by atoms with Gasteiger partial charge in [-0.2, -0.15) is 0 Å². The van der Waals surface area contributed by atoms with Crippen molar-refractivity contribution in [2.24, 2.45) is 0 Å². The zero-order valence-electron chi connectivity index (χ0n) is 13.7. The Labute approximate surface area is 136 Å². The number of hydrogen-bond donors (Lipinski definition) is 1. The van der Waals surface area contributed by atoms with Crippen molar-refractivity contribution in [2.45, 2.75) is 32.5 Å². The van der Waals surface area contributed by atoms with Crippen LogP contribution in [-0.4, -0.2) is 49.2 Å². The number of amides is 2. The summed E-state index contributed by atoms with van der Waals surface area (Å²) >= 11 is 0. The number of carbonyl (C=O) groups excluding carboxylic acids is 2. The predicted octanol–water partition coefficient (Wildman–Crippen LogP) is 2.11. The number of benzene rings is 1. The van der Waals surface area contributed by atoms with Crippen molar-refractivity contribution in [2.75, 3.05) is 26.2 Å². The molecule has 1 saturated heterocycles. The lowest BCUT2D eigenvalue weighted by Crippen LogP contribution is -2.46. The van der Waals surface area contributed by atoms with Crippen LogP contribution in [0.5, 0.6) is 0 Å². The van der Waals surface area contributed by atoms with Gasteiger partial charge in [-0.15, -0.1) is 0 Å². The smallest absolute Gasteiger partial charge is 0.407 e. The standard InChI is InChI=1S/C17H24N2O4/c1-3-22-17(21)18-10-9-16(20)19-11-13(2)23-15(12-19)14-7-5-4-6-8-14/h4-8,13,15H,3,9-12H2,1-2H3,(H,18,21)/t13-,15+/m0/s1. The van der Waals surface area contributed by atoms with Gasteiger partial charge in [-0.3, -0.25) is 4.79 Å². The van der Waals surface area contributed by atoms with Gasteiger partial charge in [0.2, 0.25) is 5.91 Å². The number of hydrogen-bond acceptors (Lipinski definition) is 4. The summed E-state index contributed by atoms with van der Waals surface area (Å²) in [5, 5.41) is 2.57. The summed E-state index contributed by atoms with van der Waals surface area (Å²) in [5.41, 5.74) is 1.07. The Morgan fingerprint density at radius 3 is 2.74 bits per heavy atom. The highest BCUT2D eigenvalue weighted by molar-refractivity contribution is 5.77. The monoisotopic (exact) mass is 320 g/mol. The molecule has 1 heterocycles. The summed E-state index contributed by atoms with van der Waals surface area (Å²) < 4.78 is 10.7. The molecule has 6 nitrogen and oxygen atoms in total. The first-order valence-electron chi connectivity index (χ1n) is 7.99. The van der Waals surface area contributed by atoms with Gasteiger partial charge in [-0.1, -0.05) is 30.3 Å². The Morgan fingerprint density at radius 2 is 2.04 bits per heavy atom. The molecule has 0 aromatic heterocycles. The molecule has 2 rings (SSSR count). The van der Waals surface area contributed by atoms with Crippen LogP contribution in [0.3, 0.4) is 0 Å². The lowest BCUT2D eigenvalue weighted by Gasteiger charge is -2.37. The lowest BCUT2D eigenvalue weighted by molar-refractivity contribution is -0.144. The maximum absolute atomic E-state index is 12.3. The van der Waals surface area contributed by atoms with Crippen molar-refractivity contribution in [3.63, 3.8) is 0 Å². The van der Waals surface area contributed by atoms with E-state index in [2.05, 4.69) is 5.32 Å². The van der Waals surface area contributed by atoms with Crippen molar-refractivity contribution in [3.05, 3.63) is 35.9 Å². The largest absolute Gasteiger partial charge is 0.450 e. The Kier molecular flexibility index (Phi) is 6.40. The summed E-state index contributed by atoms with van der Waals surface area (Å²) in [6.07, 6.45) is -0.358. The molecular weight excluding hydrogens is 296 g/mol. The molecule has 0 saturated carbocycles. The van der Waals surface area contributed by atoms with Gasteiger partial charge >= 0.3 is 6.09 Å². The number of alkyl carbamates (subject to hydrolysis) is 1. The Morgan fingerprint density at radius 1 is 1.30 bits per heavy atom. The molecule has 2 amide bonds. The summed E-state index contributed by atoms with van der Waals surface area (Å²) in [6, 6.07) is 9.90. The van der Waals surface area contributed by atoms with Gasteiger partial charge in [0, 0.05) is 19.5 Å². The van der Waals surface area contributed by atoms with Crippen molar-refractivity contribution in [1.29, 1.82) is 0 Å². The van der Waals surface area contributed by atoms with Crippen LogP contribution in [-0.2, 0) is 14.3 Å². The van der Waals surface area contributed by atoms with E-state index in [0.29, 0.717) is 19.7 Å². The van der Waals surface area contributed by atoms with E-state index < -0.39 is 6.09 Å². The van der Waals surface area contributed by atoms with E-state index in [0.717, 1.165) is 5.56 Å². The number of ether oxygens (including phenoxy) is 2. The molecule has 0 bridgehead atoms. The van der Waals surface area contributed by atoms with E-state index in [-0.39, 0.29) is 31.1 Å². The number of carbonyl (C=O) groups is 2. The summed E-state index contributed by atoms with van der Waals surface area (Å²) in [6.45, 7) is 5.41. The molecule has 1 aliphatic rings. The lowest BCUT2D eigenvalue weighted by atomic mass is 10.1. The number of rotatable bonds is 5. The predicted molar refractivity (Wildman–Crippen MR) is 86.0 cm³/mol. The van der Waals surface area contributed by atoms with E-state index in [1.54, 1.807) is 11.8 Å². The molecule has 6 heteroatoms. The third kappa shape index (κ3) is 5.25. The molecule has 0 radical (unpaired) electrons. The third-order valence-corrected chi connectivity index (χ3v) is 3.67. The van der Waals surface area contributed by atoms with Gasteiger partial charge in [0.25, 0.3) is 0 Å². The molecule has 1 aromatic rings. The summed E-state index contributed by atoms with van der Waals surface area (Å²) in [5.74, 6) is 0.0119. The molecule has 1 N–H and O–H groups in total. The first-order valence-corrected chi connectivity index (χ1v) is 7.99. The number of nitrogens with zero attached hydrogens (tertiary/aromatic N) is 1. The number of nitrogens with one attached hydrogen (secondary N) is 1. The highest BCUT2D eigenvalue weighted by Gasteiger charge is 2.29. The van der Waals surface area contributed by atoms with E-state index >= 15 is 0 Å². The second-order valence-electron chi connectivity index (χ2n) is 5.54. The number of morpholine rings is 1. The second kappa shape index (κ2) is 8.53. The molecule has 0 spiro atoms. The molecule has 2 atom stereocenters. The quantitative estimate of drug-likeness (QED) is 0.902. The van der Waals surface area contributed by atoms with E-state index in [1.807, 2.05) is 37.3 Å². The normalized spacial score (nSPS) is 20.9. The van der Waals surface area contributed by atoms with Crippen LogP contribution in [0, 0.1) is 0 Å². The van der Waals surface area contributed by atoms with Crippen LogP contribution in [0.25, 0.3) is 0 Å². The van der Waals surface area contributed by atoms with Gasteiger partial charge < -0.3 is 19.7 Å². The van der Waals surface area contributed by atoms with Crippen molar-refractivity contribution in [1.82, 2.24) is 10.2 Å². The Balaban J connectivity index is 1.86. The van der Waals surface area contributed by atoms with Crippen molar-refractivity contribution >= 4 is 12.0 Å². The van der Waals surface area contributed by atoms with Crippen LogP contribution in [0.2, 0.25) is 0 Å². The van der Waals surface area contributed by atoms with Crippen LogP contribution in [0.1, 0.15) is 31.9 Å². The van der Waals surface area contributed by atoms with Crippen molar-refractivity contribution < 1.29 is 19.1 Å². The highest BCUT2D eigenvalue weighted by Crippen LogP contribution is 2.25. The highest BCUT2D eigenvalue weighted by atomic mass is 16.5. The minimum atomic E-state index is -0.488. The molecule has 23 heavy (non-hydrogen) atoms. The molecule has 1 aliphatic heterocycles. The second-order valence-corrected chi connectivity index (χ2v) is 5.54. The zero-order chi connectivity index (χ0) is 16.7. The minimum absolute atomic E-state index is 0.0119. The average molecular weight is 320 g/mol. The van der Waals surface area contributed by atoms with Gasteiger partial charge in [0.15, 0.2) is 0 Å². The van der Waals surface area contributed by atoms with Crippen LogP contribution < -0.4 is 5.32 Å². The first-order chi connectivity index (χ1) is 11.1. The maximum Gasteiger partial charge on any atom is 0.407 e. The van der Waals surface area contributed by atoms with Crippen LogP contribution in [0.15, 0.2) is 30.3 Å². The van der Waals surface area contributed by atoms with Crippen molar-refractivity contribution in [3.8, 4) is 0 Å². The third-order valence-electron chi connectivity index (χ3n) is 3.67. The molecule has 1 aromatic carbocycles. The van der Waals surface area contributed by atoms with Gasteiger partial charge in [-0.25, -0.2) is 4.79 Å². The summed E-state index contributed by atoms with van der Waals surface area (Å²) in [7, 11) is 0. The average Bonchev–Trinajstić information content (AvgIpc) is 2.55. The fourth-order valence-electron chi connectivity index (χ4n) is 2.62. The fraction of sp³-hybridized carbons (Fsp3) is 0.529. The SMILES string of the molecule is CCOC(=O)NCCC(=O)N1C[C@H](C)O[C@@H](c2ccccc2)C1. The summed E-state index contributed by atoms with van der Waals surface area (Å²) in [4.78, 5) is 25.4. The van der Waals surface area contributed by atoms with E-state index in [1.165, 1.54) is 0 Å². The topological polar surface area (TPSA) is 67.9 Å².